The molecule has 0 unspecified atom stereocenters. The van der Waals surface area contributed by atoms with E-state index in [1.54, 1.807) is 18.2 Å². The van der Waals surface area contributed by atoms with E-state index in [0.29, 0.717) is 28.1 Å². The van der Waals surface area contributed by atoms with Gasteiger partial charge in [-0.3, -0.25) is 9.59 Å². The Kier molecular flexibility index (Phi) is 6.95. The summed E-state index contributed by atoms with van der Waals surface area (Å²) in [6, 6.07) is 11.0. The molecule has 0 fully saturated rings. The van der Waals surface area contributed by atoms with Crippen LogP contribution < -0.4 is 10.6 Å². The molecule has 0 saturated heterocycles. The fourth-order valence-corrected chi connectivity index (χ4v) is 5.10. The number of fused-ring (bicyclic) bond motifs is 2. The number of hydrogen-bond donors (Lipinski definition) is 3. The average Bonchev–Trinajstić information content (AvgIpc) is 3.41. The number of carbonyl (C=O) groups excluding carboxylic acids is 2. The van der Waals surface area contributed by atoms with Gasteiger partial charge in [0, 0.05) is 34.5 Å². The summed E-state index contributed by atoms with van der Waals surface area (Å²) in [5.74, 6) is 0.216. The van der Waals surface area contributed by atoms with Crippen LogP contribution in [0.3, 0.4) is 0 Å². The second kappa shape index (κ2) is 10.5. The predicted molar refractivity (Wildman–Crippen MR) is 143 cm³/mol. The van der Waals surface area contributed by atoms with Gasteiger partial charge in [-0.25, -0.2) is 4.79 Å². The number of unbranched alkanes of at least 4 members (excludes halogenated alkanes) is 2. The number of furan rings is 1. The van der Waals surface area contributed by atoms with Gasteiger partial charge in [-0.15, -0.1) is 0 Å². The molecule has 3 N–H and O–H groups in total. The Hall–Kier alpha value is -4.13. The molecule has 5 rings (SSSR count). The molecule has 7 nitrogen and oxygen atoms in total. The van der Waals surface area contributed by atoms with Gasteiger partial charge in [-0.1, -0.05) is 19.8 Å². The largest absolute Gasteiger partial charge is 0.478 e. The molecule has 190 valence electrons. The molecule has 2 amide bonds. The van der Waals surface area contributed by atoms with Crippen LogP contribution in [-0.4, -0.2) is 22.9 Å². The molecule has 0 saturated carbocycles. The van der Waals surface area contributed by atoms with E-state index < -0.39 is 5.97 Å². The summed E-state index contributed by atoms with van der Waals surface area (Å²) in [5.41, 5.74) is 5.45. The van der Waals surface area contributed by atoms with Gasteiger partial charge in [-0.2, -0.15) is 0 Å². The third-order valence-corrected chi connectivity index (χ3v) is 7.07. The standard InChI is InChI=1S/C30H30N2O5/c1-2-3-4-7-22-21-8-5-6-9-26(21)37-27(22)17-24-23-16-20(14-15-25(23)32-29(24)34)31-28(33)18-10-12-19(13-11-18)30(35)36/h10-17H,2-9H2,1H3,(H,31,33)(H,32,34)(H,35,36). The summed E-state index contributed by atoms with van der Waals surface area (Å²) in [6.45, 7) is 2.19. The third-order valence-electron chi connectivity index (χ3n) is 7.07. The van der Waals surface area contributed by atoms with Crippen LogP contribution in [0.15, 0.2) is 46.9 Å². The van der Waals surface area contributed by atoms with Crippen molar-refractivity contribution >= 4 is 40.8 Å². The summed E-state index contributed by atoms with van der Waals surface area (Å²) in [6.07, 6.45) is 10.4. The van der Waals surface area contributed by atoms with Crippen molar-refractivity contribution in [2.45, 2.75) is 58.3 Å². The first-order chi connectivity index (χ1) is 17.9. The van der Waals surface area contributed by atoms with E-state index in [0.717, 1.165) is 62.9 Å². The number of rotatable bonds is 8. The first-order valence-corrected chi connectivity index (χ1v) is 12.9. The van der Waals surface area contributed by atoms with Gasteiger partial charge in [0.05, 0.1) is 11.1 Å². The molecule has 1 aliphatic heterocycles. The van der Waals surface area contributed by atoms with Gasteiger partial charge in [0.25, 0.3) is 11.8 Å². The SMILES string of the molecule is CCCCCc1c(C=C2C(=O)Nc3ccc(NC(=O)c4ccc(C(=O)O)cc4)cc32)oc2c1CCCC2. The molecule has 37 heavy (non-hydrogen) atoms. The number of benzene rings is 2. The third kappa shape index (κ3) is 5.07. The van der Waals surface area contributed by atoms with Crippen molar-refractivity contribution in [2.24, 2.45) is 0 Å². The Balaban J connectivity index is 1.43. The number of amides is 2. The molecule has 0 spiro atoms. The van der Waals surface area contributed by atoms with Crippen LogP contribution in [0, 0.1) is 0 Å². The molecule has 7 heteroatoms. The van der Waals surface area contributed by atoms with Crippen LogP contribution in [-0.2, 0) is 24.1 Å². The highest BCUT2D eigenvalue weighted by Gasteiger charge is 2.27. The van der Waals surface area contributed by atoms with Crippen molar-refractivity contribution in [3.8, 4) is 0 Å². The Labute approximate surface area is 215 Å². The van der Waals surface area contributed by atoms with Crippen LogP contribution in [0.2, 0.25) is 0 Å². The molecule has 2 heterocycles. The molecule has 2 aromatic carbocycles. The van der Waals surface area contributed by atoms with Gasteiger partial charge < -0.3 is 20.2 Å². The van der Waals surface area contributed by atoms with E-state index in [4.69, 9.17) is 9.52 Å². The van der Waals surface area contributed by atoms with Crippen LogP contribution in [0.5, 0.6) is 0 Å². The minimum atomic E-state index is -1.05. The highest BCUT2D eigenvalue weighted by Crippen LogP contribution is 2.38. The fraction of sp³-hybridized carbons (Fsp3) is 0.300. The molecule has 2 aliphatic rings. The van der Waals surface area contributed by atoms with Crippen molar-refractivity contribution in [3.63, 3.8) is 0 Å². The second-order valence-corrected chi connectivity index (χ2v) is 9.62. The van der Waals surface area contributed by atoms with Crippen LogP contribution >= 0.6 is 0 Å². The smallest absolute Gasteiger partial charge is 0.335 e. The van der Waals surface area contributed by atoms with Crippen LogP contribution in [0.25, 0.3) is 11.6 Å². The predicted octanol–water partition coefficient (Wildman–Crippen LogP) is 6.33. The first-order valence-electron chi connectivity index (χ1n) is 12.9. The normalized spacial score (nSPS) is 15.3. The quantitative estimate of drug-likeness (QED) is 0.248. The van der Waals surface area contributed by atoms with Gasteiger partial charge in [0.2, 0.25) is 0 Å². The Morgan fingerprint density at radius 2 is 1.81 bits per heavy atom. The zero-order valence-corrected chi connectivity index (χ0v) is 20.9. The summed E-state index contributed by atoms with van der Waals surface area (Å²) in [7, 11) is 0. The Morgan fingerprint density at radius 1 is 1.05 bits per heavy atom. The molecular weight excluding hydrogens is 468 g/mol. The maximum atomic E-state index is 12.9. The summed E-state index contributed by atoms with van der Waals surface area (Å²) in [4.78, 5) is 36.7. The monoisotopic (exact) mass is 498 g/mol. The van der Waals surface area contributed by atoms with E-state index in [1.165, 1.54) is 35.4 Å². The number of aryl methyl sites for hydroxylation is 1. The molecule has 3 aromatic rings. The number of carboxylic acids is 1. The summed E-state index contributed by atoms with van der Waals surface area (Å²) < 4.78 is 6.30. The van der Waals surface area contributed by atoms with E-state index in [-0.39, 0.29) is 17.4 Å². The summed E-state index contributed by atoms with van der Waals surface area (Å²) >= 11 is 0. The van der Waals surface area contributed by atoms with E-state index >= 15 is 0 Å². The highest BCUT2D eigenvalue weighted by atomic mass is 16.4. The number of carbonyl (C=O) groups is 3. The molecule has 0 radical (unpaired) electrons. The maximum absolute atomic E-state index is 12.9. The van der Waals surface area contributed by atoms with Crippen molar-refractivity contribution in [3.05, 3.63) is 81.8 Å². The molecular formula is C30H30N2O5. The maximum Gasteiger partial charge on any atom is 0.335 e. The summed E-state index contributed by atoms with van der Waals surface area (Å²) in [5, 5.41) is 14.8. The number of hydrogen-bond acceptors (Lipinski definition) is 4. The number of nitrogens with one attached hydrogen (secondary N) is 2. The minimum Gasteiger partial charge on any atom is -0.478 e. The number of aromatic carboxylic acids is 1. The van der Waals surface area contributed by atoms with Gasteiger partial charge in [-0.05, 0) is 86.2 Å². The number of carboxylic acid groups (broad SMARTS) is 1. The minimum absolute atomic E-state index is 0.113. The van der Waals surface area contributed by atoms with Gasteiger partial charge in [0.15, 0.2) is 0 Å². The Bertz CT molecular complexity index is 1400. The fourth-order valence-electron chi connectivity index (χ4n) is 5.10. The molecule has 1 aromatic heterocycles. The van der Waals surface area contributed by atoms with E-state index in [1.807, 2.05) is 6.08 Å². The lowest BCUT2D eigenvalue weighted by molar-refractivity contribution is -0.110. The lowest BCUT2D eigenvalue weighted by Gasteiger charge is -2.10. The Morgan fingerprint density at radius 3 is 2.57 bits per heavy atom. The van der Waals surface area contributed by atoms with E-state index in [9.17, 15) is 14.4 Å². The van der Waals surface area contributed by atoms with Gasteiger partial charge in [0.1, 0.15) is 11.5 Å². The highest BCUT2D eigenvalue weighted by molar-refractivity contribution is 6.35. The van der Waals surface area contributed by atoms with Crippen molar-refractivity contribution in [1.29, 1.82) is 0 Å². The van der Waals surface area contributed by atoms with Crippen molar-refractivity contribution < 1.29 is 23.9 Å². The molecule has 0 atom stereocenters. The van der Waals surface area contributed by atoms with Crippen molar-refractivity contribution in [1.82, 2.24) is 0 Å². The second-order valence-electron chi connectivity index (χ2n) is 9.62. The van der Waals surface area contributed by atoms with Crippen LogP contribution in [0.1, 0.15) is 88.0 Å². The lowest BCUT2D eigenvalue weighted by Crippen LogP contribution is -2.12. The first kappa shape index (κ1) is 24.6. The number of anilines is 2. The van der Waals surface area contributed by atoms with Crippen LogP contribution in [0.4, 0.5) is 11.4 Å². The van der Waals surface area contributed by atoms with E-state index in [2.05, 4.69) is 17.6 Å². The lowest BCUT2D eigenvalue weighted by atomic mass is 9.92. The van der Waals surface area contributed by atoms with Gasteiger partial charge >= 0.3 is 5.97 Å². The molecule has 1 aliphatic carbocycles. The zero-order valence-electron chi connectivity index (χ0n) is 20.9. The average molecular weight is 499 g/mol. The molecule has 0 bridgehead atoms. The topological polar surface area (TPSA) is 109 Å². The zero-order chi connectivity index (χ0) is 25.9. The van der Waals surface area contributed by atoms with Crippen molar-refractivity contribution in [2.75, 3.05) is 10.6 Å².